The zero-order chi connectivity index (χ0) is 19.6. The molecule has 0 bridgehead atoms. The number of nitrogens with two attached hydrogens (primary N) is 1. The monoisotopic (exact) mass is 391 g/mol. The molecule has 8 nitrogen and oxygen atoms in total. The van der Waals surface area contributed by atoms with Gasteiger partial charge in [0.1, 0.15) is 17.4 Å². The molecule has 0 aliphatic carbocycles. The number of hydrogen-bond donors (Lipinski definition) is 4. The maximum atomic E-state index is 13.7. The molecule has 2 rings (SSSR count). The molecule has 0 fully saturated rings. The number of nitrogens with zero attached hydrogens (tertiary/aromatic N) is 3. The highest BCUT2D eigenvalue weighted by atomic mass is 35.5. The molecular weight excluding hydrogens is 373 g/mol. The van der Waals surface area contributed by atoms with Crippen molar-refractivity contribution in [1.29, 1.82) is 0 Å². The van der Waals surface area contributed by atoms with Crippen LogP contribution in [0.25, 0.3) is 0 Å². The lowest BCUT2D eigenvalue weighted by molar-refractivity contribution is -0.119. The van der Waals surface area contributed by atoms with Crippen molar-refractivity contribution in [2.45, 2.75) is 6.54 Å². The summed E-state index contributed by atoms with van der Waals surface area (Å²) in [5, 5.41) is 8.56. The Kier molecular flexibility index (Phi) is 7.50. The lowest BCUT2D eigenvalue weighted by atomic mass is 10.2. The van der Waals surface area contributed by atoms with Crippen LogP contribution in [0.5, 0.6) is 0 Å². The van der Waals surface area contributed by atoms with E-state index in [1.165, 1.54) is 31.7 Å². The average Bonchev–Trinajstić information content (AvgIpc) is 2.68. The Morgan fingerprint density at radius 3 is 2.89 bits per heavy atom. The van der Waals surface area contributed by atoms with Crippen molar-refractivity contribution < 1.29 is 9.18 Å². The molecule has 1 aromatic heterocycles. The molecule has 142 valence electrons. The van der Waals surface area contributed by atoms with Crippen LogP contribution in [0.15, 0.2) is 47.4 Å². The normalized spacial score (nSPS) is 11.4. The van der Waals surface area contributed by atoms with Crippen LogP contribution in [-0.2, 0) is 11.3 Å². The SMILES string of the molecule is CNC(=O)CN=CC(=CN)Nc1ncc(Cl)c(NCc2ccccc2F)n1. The van der Waals surface area contributed by atoms with Crippen molar-refractivity contribution in [1.82, 2.24) is 15.3 Å². The van der Waals surface area contributed by atoms with Gasteiger partial charge in [-0.1, -0.05) is 29.8 Å². The molecule has 5 N–H and O–H groups in total. The third-order valence-corrected chi connectivity index (χ3v) is 3.60. The van der Waals surface area contributed by atoms with Crippen LogP contribution in [-0.4, -0.2) is 35.7 Å². The van der Waals surface area contributed by atoms with Gasteiger partial charge in [-0.3, -0.25) is 9.79 Å². The van der Waals surface area contributed by atoms with Crippen molar-refractivity contribution in [3.8, 4) is 0 Å². The van der Waals surface area contributed by atoms with Crippen molar-refractivity contribution in [3.05, 3.63) is 58.8 Å². The largest absolute Gasteiger partial charge is 0.403 e. The summed E-state index contributed by atoms with van der Waals surface area (Å²) < 4.78 is 13.7. The van der Waals surface area contributed by atoms with Crippen molar-refractivity contribution in [2.75, 3.05) is 24.2 Å². The van der Waals surface area contributed by atoms with Crippen molar-refractivity contribution >= 4 is 35.5 Å². The number of hydrogen-bond acceptors (Lipinski definition) is 7. The fourth-order valence-corrected chi connectivity index (χ4v) is 2.08. The van der Waals surface area contributed by atoms with Gasteiger partial charge in [0.2, 0.25) is 11.9 Å². The molecule has 0 aliphatic rings. The van der Waals surface area contributed by atoms with Crippen LogP contribution in [0, 0.1) is 5.82 Å². The number of aliphatic imine (C=N–C) groups is 1. The third kappa shape index (κ3) is 6.23. The number of nitrogens with one attached hydrogen (secondary N) is 3. The summed E-state index contributed by atoms with van der Waals surface area (Å²) in [4.78, 5) is 23.4. The Morgan fingerprint density at radius 1 is 1.41 bits per heavy atom. The third-order valence-electron chi connectivity index (χ3n) is 3.33. The summed E-state index contributed by atoms with van der Waals surface area (Å²) in [6.07, 6.45) is 4.05. The second kappa shape index (κ2) is 10.1. The van der Waals surface area contributed by atoms with Gasteiger partial charge in [-0.2, -0.15) is 4.98 Å². The number of allylic oxidation sites excluding steroid dienone is 1. The lowest BCUT2D eigenvalue weighted by Crippen LogP contribution is -2.20. The van der Waals surface area contributed by atoms with Crippen LogP contribution in [0.3, 0.4) is 0 Å². The second-order valence-electron chi connectivity index (χ2n) is 5.23. The number of carbonyl (C=O) groups is 1. The fraction of sp³-hybridized carbons (Fsp3) is 0.176. The van der Waals surface area contributed by atoms with Crippen LogP contribution < -0.4 is 21.7 Å². The van der Waals surface area contributed by atoms with E-state index in [2.05, 4.69) is 30.9 Å². The zero-order valence-electron chi connectivity index (χ0n) is 14.5. The number of amides is 1. The maximum absolute atomic E-state index is 13.7. The molecule has 0 unspecified atom stereocenters. The molecule has 0 spiro atoms. The molecule has 1 aromatic carbocycles. The van der Waals surface area contributed by atoms with Gasteiger partial charge in [0.15, 0.2) is 5.82 Å². The van der Waals surface area contributed by atoms with Gasteiger partial charge >= 0.3 is 0 Å². The summed E-state index contributed by atoms with van der Waals surface area (Å²) in [5.74, 6) is -0.0196. The fourth-order valence-electron chi connectivity index (χ4n) is 1.92. The second-order valence-corrected chi connectivity index (χ2v) is 5.63. The summed E-state index contributed by atoms with van der Waals surface area (Å²) in [6.45, 7) is 0.169. The Labute approximate surface area is 160 Å². The molecule has 0 aliphatic heterocycles. The number of halogens is 2. The van der Waals surface area contributed by atoms with E-state index in [9.17, 15) is 9.18 Å². The molecule has 1 amide bonds. The molecule has 0 saturated carbocycles. The zero-order valence-corrected chi connectivity index (χ0v) is 15.3. The number of anilines is 2. The van der Waals surface area contributed by atoms with E-state index in [1.54, 1.807) is 18.2 Å². The number of likely N-dealkylation sites (N-methyl/N-ethyl adjacent to an activating group) is 1. The number of benzene rings is 1. The van der Waals surface area contributed by atoms with Gasteiger partial charge in [-0.15, -0.1) is 0 Å². The van der Waals surface area contributed by atoms with Crippen LogP contribution in [0.1, 0.15) is 5.56 Å². The molecule has 2 aromatic rings. The summed E-state index contributed by atoms with van der Waals surface area (Å²) in [6, 6.07) is 6.40. The van der Waals surface area contributed by atoms with Crippen LogP contribution in [0.4, 0.5) is 16.2 Å². The maximum Gasteiger partial charge on any atom is 0.241 e. The molecular formula is C17H19ClFN7O. The van der Waals surface area contributed by atoms with E-state index in [0.717, 1.165) is 0 Å². The van der Waals surface area contributed by atoms with Gasteiger partial charge in [-0.25, -0.2) is 9.37 Å². The van der Waals surface area contributed by atoms with Crippen LogP contribution >= 0.6 is 11.6 Å². The quantitative estimate of drug-likeness (QED) is 0.511. The van der Waals surface area contributed by atoms with Crippen molar-refractivity contribution in [3.63, 3.8) is 0 Å². The number of carbonyl (C=O) groups excluding carboxylic acids is 1. The molecule has 0 radical (unpaired) electrons. The smallest absolute Gasteiger partial charge is 0.241 e. The Bertz CT molecular complexity index is 857. The van der Waals surface area contributed by atoms with E-state index in [-0.39, 0.29) is 35.8 Å². The molecule has 1 heterocycles. The standard InChI is InChI=1S/C17H19ClFN7O/c1-21-15(27)10-22-8-12(6-20)25-17-24-9-13(18)16(26-17)23-7-11-4-2-3-5-14(11)19/h2-6,8-9H,7,10,20H2,1H3,(H,21,27)(H2,23,24,25,26). The van der Waals surface area contributed by atoms with Gasteiger partial charge in [0.05, 0.1) is 11.9 Å². The minimum absolute atomic E-state index is 0.0353. The summed E-state index contributed by atoms with van der Waals surface area (Å²) in [7, 11) is 1.52. The van der Waals surface area contributed by atoms with E-state index in [1.807, 2.05) is 0 Å². The first kappa shape index (κ1) is 20.1. The highest BCUT2D eigenvalue weighted by molar-refractivity contribution is 6.32. The topological polar surface area (TPSA) is 117 Å². The van der Waals surface area contributed by atoms with E-state index < -0.39 is 0 Å². The minimum Gasteiger partial charge on any atom is -0.403 e. The number of aromatic nitrogens is 2. The van der Waals surface area contributed by atoms with E-state index in [4.69, 9.17) is 17.3 Å². The molecule has 0 atom stereocenters. The average molecular weight is 392 g/mol. The van der Waals surface area contributed by atoms with Gasteiger partial charge in [0, 0.05) is 31.6 Å². The van der Waals surface area contributed by atoms with E-state index in [0.29, 0.717) is 17.1 Å². The molecule has 10 heteroatoms. The highest BCUT2D eigenvalue weighted by Gasteiger charge is 2.08. The van der Waals surface area contributed by atoms with Crippen LogP contribution in [0.2, 0.25) is 5.02 Å². The first-order valence-electron chi connectivity index (χ1n) is 7.92. The predicted octanol–water partition coefficient (Wildman–Crippen LogP) is 1.91. The summed E-state index contributed by atoms with van der Waals surface area (Å²) >= 11 is 6.09. The highest BCUT2D eigenvalue weighted by Crippen LogP contribution is 2.21. The van der Waals surface area contributed by atoms with Gasteiger partial charge < -0.3 is 21.7 Å². The Morgan fingerprint density at radius 2 is 2.19 bits per heavy atom. The Balaban J connectivity index is 2.05. The van der Waals surface area contributed by atoms with Gasteiger partial charge in [-0.05, 0) is 6.07 Å². The molecule has 0 saturated heterocycles. The van der Waals surface area contributed by atoms with Crippen molar-refractivity contribution in [2.24, 2.45) is 10.7 Å². The lowest BCUT2D eigenvalue weighted by Gasteiger charge is -2.10. The molecule has 27 heavy (non-hydrogen) atoms. The first-order chi connectivity index (χ1) is 13.0. The minimum atomic E-state index is -0.325. The predicted molar refractivity (Wildman–Crippen MR) is 104 cm³/mol. The first-order valence-corrected chi connectivity index (χ1v) is 8.30. The number of rotatable bonds is 8. The van der Waals surface area contributed by atoms with E-state index >= 15 is 0 Å². The van der Waals surface area contributed by atoms with Gasteiger partial charge in [0.25, 0.3) is 0 Å². The Hall–Kier alpha value is -3.20. The summed E-state index contributed by atoms with van der Waals surface area (Å²) in [5.41, 5.74) is 6.40.